The Labute approximate surface area is 164 Å². The highest BCUT2D eigenvalue weighted by Crippen LogP contribution is 2.34. The fourth-order valence-electron chi connectivity index (χ4n) is 3.87. The summed E-state index contributed by atoms with van der Waals surface area (Å²) in [6, 6.07) is 11.2. The molecule has 2 aliphatic heterocycles. The Bertz CT molecular complexity index is 904. The quantitative estimate of drug-likeness (QED) is 0.885. The zero-order valence-electron chi connectivity index (χ0n) is 16.2. The smallest absolute Gasteiger partial charge is 0.253 e. The summed E-state index contributed by atoms with van der Waals surface area (Å²) in [5, 5.41) is 2.95. The summed E-state index contributed by atoms with van der Waals surface area (Å²) in [6.45, 7) is 5.29. The molecule has 4 rings (SSSR count). The minimum atomic E-state index is -0.228. The van der Waals surface area contributed by atoms with Crippen molar-refractivity contribution in [1.29, 1.82) is 0 Å². The second-order valence-electron chi connectivity index (χ2n) is 7.52. The maximum absolute atomic E-state index is 12.9. The van der Waals surface area contributed by atoms with Gasteiger partial charge in [-0.25, -0.2) is 0 Å². The van der Waals surface area contributed by atoms with E-state index in [1.807, 2.05) is 26.0 Å². The molecule has 1 atom stereocenters. The number of anilines is 1. The molecule has 1 unspecified atom stereocenters. The van der Waals surface area contributed by atoms with Crippen molar-refractivity contribution >= 4 is 17.5 Å². The molecule has 2 aromatic rings. The van der Waals surface area contributed by atoms with Gasteiger partial charge in [-0.2, -0.15) is 0 Å². The molecule has 146 valence electrons. The zero-order valence-corrected chi connectivity index (χ0v) is 16.2. The van der Waals surface area contributed by atoms with Gasteiger partial charge in [0.15, 0.2) is 11.5 Å². The van der Waals surface area contributed by atoms with Gasteiger partial charge in [0.05, 0.1) is 5.92 Å². The average Bonchev–Trinajstić information content (AvgIpc) is 3.14. The van der Waals surface area contributed by atoms with Crippen LogP contribution >= 0.6 is 0 Å². The molecular weight excluding hydrogens is 356 g/mol. The summed E-state index contributed by atoms with van der Waals surface area (Å²) in [5.74, 6) is 1.01. The molecule has 1 fully saturated rings. The molecule has 28 heavy (non-hydrogen) atoms. The van der Waals surface area contributed by atoms with Crippen molar-refractivity contribution < 1.29 is 19.1 Å². The first-order chi connectivity index (χ1) is 13.5. The third-order valence-corrected chi connectivity index (χ3v) is 5.19. The Kier molecular flexibility index (Phi) is 4.94. The maximum atomic E-state index is 12.9. The van der Waals surface area contributed by atoms with E-state index >= 15 is 0 Å². The average molecular weight is 380 g/mol. The van der Waals surface area contributed by atoms with E-state index in [1.54, 1.807) is 23.1 Å². The summed E-state index contributed by atoms with van der Waals surface area (Å²) < 4.78 is 10.7. The lowest BCUT2D eigenvalue weighted by atomic mass is 9.96. The van der Waals surface area contributed by atoms with Crippen LogP contribution in [0.2, 0.25) is 0 Å². The summed E-state index contributed by atoms with van der Waals surface area (Å²) in [4.78, 5) is 27.5. The SMILES string of the molecule is Cc1cc(C)cc(C(=O)N2CCCC(C(=O)Nc3ccc4c(c3)OCO4)C2)c1. The van der Waals surface area contributed by atoms with Crippen molar-refractivity contribution in [3.05, 3.63) is 53.1 Å². The van der Waals surface area contributed by atoms with E-state index in [2.05, 4.69) is 11.4 Å². The zero-order chi connectivity index (χ0) is 19.7. The van der Waals surface area contributed by atoms with Gasteiger partial charge >= 0.3 is 0 Å². The Morgan fingerprint density at radius 1 is 1.04 bits per heavy atom. The Balaban J connectivity index is 1.43. The van der Waals surface area contributed by atoms with Crippen LogP contribution in [0.1, 0.15) is 34.3 Å². The summed E-state index contributed by atoms with van der Waals surface area (Å²) in [5.41, 5.74) is 3.50. The number of hydrogen-bond acceptors (Lipinski definition) is 4. The molecule has 1 N–H and O–H groups in total. The number of hydrogen-bond donors (Lipinski definition) is 1. The molecule has 6 heteroatoms. The number of nitrogens with zero attached hydrogens (tertiary/aromatic N) is 1. The number of benzene rings is 2. The second kappa shape index (κ2) is 7.54. The summed E-state index contributed by atoms with van der Waals surface area (Å²) in [6.07, 6.45) is 1.59. The number of fused-ring (bicyclic) bond motifs is 1. The molecule has 6 nitrogen and oxygen atoms in total. The molecule has 0 spiro atoms. The van der Waals surface area contributed by atoms with E-state index in [-0.39, 0.29) is 24.5 Å². The van der Waals surface area contributed by atoms with Crippen LogP contribution in [0.5, 0.6) is 11.5 Å². The molecule has 2 amide bonds. The van der Waals surface area contributed by atoms with Gasteiger partial charge in [0, 0.05) is 30.4 Å². The molecular formula is C22H24N2O4. The van der Waals surface area contributed by atoms with Gasteiger partial charge < -0.3 is 19.7 Å². The highest BCUT2D eigenvalue weighted by molar-refractivity contribution is 5.96. The van der Waals surface area contributed by atoms with E-state index in [0.29, 0.717) is 35.8 Å². The van der Waals surface area contributed by atoms with Gasteiger partial charge in [-0.1, -0.05) is 17.2 Å². The fraction of sp³-hybridized carbons (Fsp3) is 0.364. The number of ether oxygens (including phenoxy) is 2. The Hall–Kier alpha value is -3.02. The minimum absolute atomic E-state index is 0.00706. The van der Waals surface area contributed by atoms with E-state index in [4.69, 9.17) is 9.47 Å². The van der Waals surface area contributed by atoms with E-state index < -0.39 is 0 Å². The third kappa shape index (κ3) is 3.81. The molecule has 0 aliphatic carbocycles. The predicted molar refractivity (Wildman–Crippen MR) is 106 cm³/mol. The highest BCUT2D eigenvalue weighted by Gasteiger charge is 2.29. The number of likely N-dealkylation sites (tertiary alicyclic amines) is 1. The van der Waals surface area contributed by atoms with Crippen LogP contribution in [0.15, 0.2) is 36.4 Å². The van der Waals surface area contributed by atoms with Gasteiger partial charge in [0.1, 0.15) is 0 Å². The van der Waals surface area contributed by atoms with Gasteiger partial charge in [-0.3, -0.25) is 9.59 Å². The molecule has 1 saturated heterocycles. The van der Waals surface area contributed by atoms with Crippen LogP contribution in [0.25, 0.3) is 0 Å². The van der Waals surface area contributed by atoms with E-state index in [0.717, 1.165) is 24.0 Å². The predicted octanol–water partition coefficient (Wildman–Crippen LogP) is 3.52. The first kappa shape index (κ1) is 18.3. The number of carbonyl (C=O) groups is 2. The number of amides is 2. The van der Waals surface area contributed by atoms with Crippen LogP contribution in [-0.2, 0) is 4.79 Å². The van der Waals surface area contributed by atoms with E-state index in [1.165, 1.54) is 0 Å². The van der Waals surface area contributed by atoms with Crippen LogP contribution in [-0.4, -0.2) is 36.6 Å². The van der Waals surface area contributed by atoms with Crippen molar-refractivity contribution in [2.75, 3.05) is 25.2 Å². The monoisotopic (exact) mass is 380 g/mol. The van der Waals surface area contributed by atoms with Crippen molar-refractivity contribution in [3.8, 4) is 11.5 Å². The lowest BCUT2D eigenvalue weighted by molar-refractivity contribution is -0.121. The van der Waals surface area contributed by atoms with Crippen LogP contribution < -0.4 is 14.8 Å². The molecule has 0 radical (unpaired) electrons. The number of rotatable bonds is 3. The van der Waals surface area contributed by atoms with Crippen molar-refractivity contribution in [3.63, 3.8) is 0 Å². The van der Waals surface area contributed by atoms with Crippen molar-refractivity contribution in [1.82, 2.24) is 4.90 Å². The number of aryl methyl sites for hydroxylation is 2. The lowest BCUT2D eigenvalue weighted by Gasteiger charge is -2.32. The van der Waals surface area contributed by atoms with Crippen LogP contribution in [0.3, 0.4) is 0 Å². The van der Waals surface area contributed by atoms with Gasteiger partial charge in [0.25, 0.3) is 5.91 Å². The number of carbonyl (C=O) groups excluding carboxylic acids is 2. The van der Waals surface area contributed by atoms with Crippen LogP contribution in [0, 0.1) is 19.8 Å². The first-order valence-electron chi connectivity index (χ1n) is 9.58. The lowest BCUT2D eigenvalue weighted by Crippen LogP contribution is -2.43. The summed E-state index contributed by atoms with van der Waals surface area (Å²) in [7, 11) is 0. The fourth-order valence-corrected chi connectivity index (χ4v) is 3.87. The number of nitrogens with one attached hydrogen (secondary N) is 1. The minimum Gasteiger partial charge on any atom is -0.454 e. The molecule has 2 aliphatic rings. The Morgan fingerprint density at radius 3 is 2.57 bits per heavy atom. The Morgan fingerprint density at radius 2 is 1.79 bits per heavy atom. The van der Waals surface area contributed by atoms with Crippen molar-refractivity contribution in [2.24, 2.45) is 5.92 Å². The third-order valence-electron chi connectivity index (χ3n) is 5.19. The van der Waals surface area contributed by atoms with Gasteiger partial charge in [-0.05, 0) is 51.0 Å². The molecule has 0 aromatic heterocycles. The standard InChI is InChI=1S/C22H24N2O4/c1-14-8-15(2)10-17(9-14)22(26)24-7-3-4-16(12-24)21(25)23-18-5-6-19-20(11-18)28-13-27-19/h5-6,8-11,16H,3-4,7,12-13H2,1-2H3,(H,23,25). The molecule has 0 saturated carbocycles. The topological polar surface area (TPSA) is 67.9 Å². The van der Waals surface area contributed by atoms with Crippen molar-refractivity contribution in [2.45, 2.75) is 26.7 Å². The van der Waals surface area contributed by atoms with Gasteiger partial charge in [-0.15, -0.1) is 0 Å². The maximum Gasteiger partial charge on any atom is 0.253 e. The van der Waals surface area contributed by atoms with Crippen LogP contribution in [0.4, 0.5) is 5.69 Å². The normalized spacial score (nSPS) is 18.1. The molecule has 2 aromatic carbocycles. The first-order valence-corrected chi connectivity index (χ1v) is 9.58. The number of piperidine rings is 1. The van der Waals surface area contributed by atoms with Gasteiger partial charge in [0.2, 0.25) is 12.7 Å². The highest BCUT2D eigenvalue weighted by atomic mass is 16.7. The molecule has 0 bridgehead atoms. The molecule has 2 heterocycles. The van der Waals surface area contributed by atoms with E-state index in [9.17, 15) is 9.59 Å². The largest absolute Gasteiger partial charge is 0.454 e. The summed E-state index contributed by atoms with van der Waals surface area (Å²) >= 11 is 0. The second-order valence-corrected chi connectivity index (χ2v) is 7.52.